The molecule has 0 bridgehead atoms. The Morgan fingerprint density at radius 3 is 2.28 bits per heavy atom. The Morgan fingerprint density at radius 2 is 1.79 bits per heavy atom. The number of nitrogens with zero attached hydrogens (tertiary/aromatic N) is 1. The molecule has 5 nitrogen and oxygen atoms in total. The number of ether oxygens (including phenoxy) is 1. The zero-order valence-electron chi connectivity index (χ0n) is 18.7. The first-order valence-electron chi connectivity index (χ1n) is 11.1. The Balaban J connectivity index is 1.60. The molecule has 0 radical (unpaired) electrons. The lowest BCUT2D eigenvalue weighted by Gasteiger charge is -2.43. The fourth-order valence-corrected chi connectivity index (χ4v) is 4.55. The van der Waals surface area contributed by atoms with Gasteiger partial charge in [0.25, 0.3) is 0 Å². The lowest BCUT2D eigenvalue weighted by Crippen LogP contribution is -2.50. The highest BCUT2D eigenvalue weighted by atomic mass is 16.5. The van der Waals surface area contributed by atoms with Crippen LogP contribution in [0.25, 0.3) is 0 Å². The molecule has 1 heterocycles. The molecule has 2 fully saturated rings. The van der Waals surface area contributed by atoms with Crippen LogP contribution in [0.1, 0.15) is 64.0 Å². The fourth-order valence-electron chi connectivity index (χ4n) is 4.55. The van der Waals surface area contributed by atoms with Crippen LogP contribution in [0.4, 0.5) is 0 Å². The summed E-state index contributed by atoms with van der Waals surface area (Å²) in [6.07, 6.45) is 5.47. The largest absolute Gasteiger partial charge is 0.396 e. The number of aliphatic hydroxyl groups excluding tert-OH is 1. The van der Waals surface area contributed by atoms with E-state index in [1.165, 1.54) is 30.4 Å². The van der Waals surface area contributed by atoms with E-state index in [1.54, 1.807) is 0 Å². The number of rotatable bonds is 7. The summed E-state index contributed by atoms with van der Waals surface area (Å²) in [5, 5.41) is 16.5. The highest BCUT2D eigenvalue weighted by molar-refractivity contribution is 5.79. The number of aliphatic imine (C=N–C) groups is 1. The van der Waals surface area contributed by atoms with Gasteiger partial charge in [-0.2, -0.15) is 0 Å². The quantitative estimate of drug-likeness (QED) is 0.484. The number of hydrogen-bond donors (Lipinski definition) is 3. The number of hydrogen-bond acceptors (Lipinski definition) is 3. The van der Waals surface area contributed by atoms with Crippen molar-refractivity contribution in [2.45, 2.75) is 63.7 Å². The van der Waals surface area contributed by atoms with Gasteiger partial charge in [-0.1, -0.05) is 51.5 Å². The zero-order chi connectivity index (χ0) is 21.0. The van der Waals surface area contributed by atoms with Crippen molar-refractivity contribution in [1.82, 2.24) is 10.6 Å². The van der Waals surface area contributed by atoms with Gasteiger partial charge in [0.15, 0.2) is 5.96 Å². The summed E-state index contributed by atoms with van der Waals surface area (Å²) in [6.45, 7) is 10.1. The zero-order valence-corrected chi connectivity index (χ0v) is 18.7. The molecule has 0 spiro atoms. The molecule has 1 unspecified atom stereocenters. The molecule has 1 aromatic rings. The van der Waals surface area contributed by atoms with Gasteiger partial charge in [-0.15, -0.1) is 0 Å². The van der Waals surface area contributed by atoms with Crippen molar-refractivity contribution in [3.8, 4) is 0 Å². The van der Waals surface area contributed by atoms with Gasteiger partial charge in [0.2, 0.25) is 0 Å². The van der Waals surface area contributed by atoms with Crippen LogP contribution in [0.5, 0.6) is 0 Å². The Hall–Kier alpha value is -1.59. The van der Waals surface area contributed by atoms with Gasteiger partial charge in [-0.05, 0) is 42.2 Å². The molecule has 3 rings (SSSR count). The molecule has 5 heteroatoms. The second-order valence-electron chi connectivity index (χ2n) is 10.0. The first-order chi connectivity index (χ1) is 13.8. The van der Waals surface area contributed by atoms with Crippen LogP contribution in [0.2, 0.25) is 0 Å². The molecule has 1 saturated heterocycles. The molecule has 0 aromatic heterocycles. The molecule has 1 aromatic carbocycles. The van der Waals surface area contributed by atoms with Crippen molar-refractivity contribution >= 4 is 5.96 Å². The van der Waals surface area contributed by atoms with Gasteiger partial charge in [0, 0.05) is 44.2 Å². The summed E-state index contributed by atoms with van der Waals surface area (Å²) in [7, 11) is 1.82. The molecule has 1 saturated carbocycles. The summed E-state index contributed by atoms with van der Waals surface area (Å²) in [6, 6.07) is 9.23. The topological polar surface area (TPSA) is 65.9 Å². The molecule has 1 aliphatic heterocycles. The minimum absolute atomic E-state index is 0.0172. The summed E-state index contributed by atoms with van der Waals surface area (Å²) in [5.74, 6) is 0.840. The maximum absolute atomic E-state index is 9.43. The normalized spacial score (nSPS) is 24.2. The predicted octanol–water partition coefficient (Wildman–Crippen LogP) is 3.36. The number of guanidine groups is 1. The lowest BCUT2D eigenvalue weighted by atomic mass is 9.64. The summed E-state index contributed by atoms with van der Waals surface area (Å²) >= 11 is 0. The lowest BCUT2D eigenvalue weighted by molar-refractivity contribution is 0.127. The van der Waals surface area contributed by atoms with Crippen molar-refractivity contribution in [3.63, 3.8) is 0 Å². The minimum Gasteiger partial charge on any atom is -0.396 e. The van der Waals surface area contributed by atoms with E-state index in [0.717, 1.165) is 38.5 Å². The first kappa shape index (κ1) is 22.1. The van der Waals surface area contributed by atoms with Crippen LogP contribution in [0, 0.1) is 5.41 Å². The summed E-state index contributed by atoms with van der Waals surface area (Å²) in [5.41, 5.74) is 3.22. The predicted molar refractivity (Wildman–Crippen MR) is 120 cm³/mol. The molecular formula is C24H39N3O2. The molecule has 2 aliphatic rings. The van der Waals surface area contributed by atoms with Crippen LogP contribution in [0.15, 0.2) is 29.3 Å². The molecular weight excluding hydrogens is 362 g/mol. The third kappa shape index (κ3) is 5.13. The summed E-state index contributed by atoms with van der Waals surface area (Å²) in [4.78, 5) is 4.43. The van der Waals surface area contributed by atoms with E-state index >= 15 is 0 Å². The number of aliphatic hydroxyl groups is 1. The molecule has 162 valence electrons. The van der Waals surface area contributed by atoms with Gasteiger partial charge in [0.05, 0.1) is 6.61 Å². The second kappa shape index (κ2) is 9.05. The van der Waals surface area contributed by atoms with E-state index in [0.29, 0.717) is 6.61 Å². The Labute approximate surface area is 176 Å². The van der Waals surface area contributed by atoms with E-state index < -0.39 is 0 Å². The monoisotopic (exact) mass is 401 g/mol. The summed E-state index contributed by atoms with van der Waals surface area (Å²) < 4.78 is 5.60. The molecule has 1 atom stereocenters. The maximum atomic E-state index is 9.43. The SMILES string of the molecule is CN=C(NCC1(CCO)CCOC1)NCC1(c2ccc(C(C)(C)C)cc2)CCC1. The second-order valence-corrected chi connectivity index (χ2v) is 10.0. The van der Waals surface area contributed by atoms with Crippen molar-refractivity contribution in [2.24, 2.45) is 10.4 Å². The van der Waals surface area contributed by atoms with Crippen LogP contribution in [0.3, 0.4) is 0 Å². The highest BCUT2D eigenvalue weighted by Gasteiger charge is 2.39. The molecule has 1 aliphatic carbocycles. The Bertz CT molecular complexity index is 681. The van der Waals surface area contributed by atoms with E-state index in [1.807, 2.05) is 7.05 Å². The number of nitrogens with one attached hydrogen (secondary N) is 2. The van der Waals surface area contributed by atoms with Gasteiger partial charge in [-0.25, -0.2) is 0 Å². The van der Waals surface area contributed by atoms with E-state index in [2.05, 4.69) is 60.7 Å². The molecule has 3 N–H and O–H groups in total. The smallest absolute Gasteiger partial charge is 0.191 e. The third-order valence-corrected chi connectivity index (χ3v) is 6.95. The van der Waals surface area contributed by atoms with Gasteiger partial charge < -0.3 is 20.5 Å². The van der Waals surface area contributed by atoms with Crippen LogP contribution in [-0.2, 0) is 15.6 Å². The van der Waals surface area contributed by atoms with E-state index in [-0.39, 0.29) is 22.9 Å². The average Bonchev–Trinajstić information content (AvgIpc) is 3.12. The Kier molecular flexibility index (Phi) is 6.90. The third-order valence-electron chi connectivity index (χ3n) is 6.95. The van der Waals surface area contributed by atoms with Crippen LogP contribution >= 0.6 is 0 Å². The average molecular weight is 402 g/mol. The van der Waals surface area contributed by atoms with Crippen molar-refractivity contribution in [3.05, 3.63) is 35.4 Å². The maximum Gasteiger partial charge on any atom is 0.191 e. The van der Waals surface area contributed by atoms with Gasteiger partial charge in [-0.3, -0.25) is 4.99 Å². The van der Waals surface area contributed by atoms with E-state index in [9.17, 15) is 5.11 Å². The first-order valence-corrected chi connectivity index (χ1v) is 11.1. The van der Waals surface area contributed by atoms with Crippen molar-refractivity contribution in [2.75, 3.05) is 40.0 Å². The minimum atomic E-state index is 0.0172. The van der Waals surface area contributed by atoms with Gasteiger partial charge in [0.1, 0.15) is 0 Å². The standard InChI is InChI=1S/C24H39N3O2/c1-22(2,3)19-6-8-20(9-7-19)24(10-5-11-24)17-27-21(25-4)26-16-23(12-14-28)13-15-29-18-23/h6-9,28H,5,10-18H2,1-4H3,(H2,25,26,27). The number of benzene rings is 1. The fraction of sp³-hybridized carbons (Fsp3) is 0.708. The Morgan fingerprint density at radius 1 is 1.10 bits per heavy atom. The molecule has 0 amide bonds. The van der Waals surface area contributed by atoms with Crippen LogP contribution in [-0.4, -0.2) is 51.0 Å². The van der Waals surface area contributed by atoms with Crippen molar-refractivity contribution in [1.29, 1.82) is 0 Å². The molecule has 29 heavy (non-hydrogen) atoms. The van der Waals surface area contributed by atoms with E-state index in [4.69, 9.17) is 4.74 Å². The van der Waals surface area contributed by atoms with Crippen LogP contribution < -0.4 is 10.6 Å². The van der Waals surface area contributed by atoms with Gasteiger partial charge >= 0.3 is 0 Å². The highest BCUT2D eigenvalue weighted by Crippen LogP contribution is 2.43. The van der Waals surface area contributed by atoms with Crippen molar-refractivity contribution < 1.29 is 9.84 Å².